The molecule has 0 aliphatic carbocycles. The normalized spacial score (nSPS) is 22.9. The summed E-state index contributed by atoms with van der Waals surface area (Å²) in [5, 5.41) is 1.39. The van der Waals surface area contributed by atoms with E-state index >= 15 is 0 Å². The number of hydrogen-bond donors (Lipinski definition) is 3. The third-order valence-corrected chi connectivity index (χ3v) is 4.81. The Bertz CT molecular complexity index is 595. The van der Waals surface area contributed by atoms with Crippen LogP contribution in [0, 0.1) is 5.82 Å². The fourth-order valence-corrected chi connectivity index (χ4v) is 3.20. The van der Waals surface area contributed by atoms with Crippen molar-refractivity contribution in [1.82, 2.24) is 10.1 Å². The number of benzene rings is 1. The predicted octanol–water partition coefficient (Wildman–Crippen LogP) is 0.449. The Labute approximate surface area is 121 Å². The van der Waals surface area contributed by atoms with E-state index in [1.54, 1.807) is 0 Å². The number of hydrazine groups is 1. The van der Waals surface area contributed by atoms with Gasteiger partial charge in [-0.1, -0.05) is 0 Å². The van der Waals surface area contributed by atoms with Gasteiger partial charge in [0.05, 0.1) is 0 Å². The van der Waals surface area contributed by atoms with Crippen LogP contribution in [0.25, 0.3) is 0 Å². The van der Waals surface area contributed by atoms with Crippen LogP contribution in [0.4, 0.5) is 4.39 Å². The van der Waals surface area contributed by atoms with E-state index in [0.29, 0.717) is 13.0 Å². The topological polar surface area (TPSA) is 119 Å². The first-order valence-electron chi connectivity index (χ1n) is 6.24. The van der Waals surface area contributed by atoms with E-state index in [1.807, 2.05) is 0 Å². The zero-order valence-corrected chi connectivity index (χ0v) is 12.0. The van der Waals surface area contributed by atoms with Gasteiger partial charge in [-0.3, -0.25) is 20.3 Å². The molecule has 9 heteroatoms. The summed E-state index contributed by atoms with van der Waals surface area (Å²) in [4.78, 5) is 23.9. The lowest BCUT2D eigenvalue weighted by Gasteiger charge is -2.28. The summed E-state index contributed by atoms with van der Waals surface area (Å²) < 4.78 is 25.0. The maximum Gasteiger partial charge on any atom is 0.495 e. The van der Waals surface area contributed by atoms with Crippen molar-refractivity contribution in [2.45, 2.75) is 18.1 Å². The molecule has 1 aromatic rings. The number of rotatable bonds is 3. The Hall–Kier alpha value is -1.89. The summed E-state index contributed by atoms with van der Waals surface area (Å²) in [6.07, 6.45) is 0.657. The van der Waals surface area contributed by atoms with Crippen molar-refractivity contribution >= 4 is 19.8 Å². The average Bonchev–Trinajstić information content (AvgIpc) is 2.45. The fourth-order valence-electron chi connectivity index (χ4n) is 2.02. The van der Waals surface area contributed by atoms with Crippen molar-refractivity contribution in [3.05, 3.63) is 35.6 Å². The van der Waals surface area contributed by atoms with E-state index in [9.17, 15) is 18.5 Å². The highest BCUT2D eigenvalue weighted by molar-refractivity contribution is 7.46. The standard InChI is InChI=1S/C12H14FN4O3P/c13-9-4-2-8(3-5-9)10(18)16-21(20)12(14)6-1-7-17(15)11(12)19/h2-5H,1,6-7,14-15H2/p+1/t12-/m0/s1. The molecule has 0 aromatic heterocycles. The fraction of sp³-hybridized carbons (Fsp3) is 0.333. The third-order valence-electron chi connectivity index (χ3n) is 3.26. The Morgan fingerprint density at radius 2 is 2.00 bits per heavy atom. The van der Waals surface area contributed by atoms with Gasteiger partial charge in [0.25, 0.3) is 5.91 Å². The van der Waals surface area contributed by atoms with Crippen molar-refractivity contribution in [2.75, 3.05) is 6.54 Å². The van der Waals surface area contributed by atoms with Crippen LogP contribution < -0.4 is 16.7 Å². The largest absolute Gasteiger partial charge is 0.495 e. The second-order valence-corrected chi connectivity index (χ2v) is 6.38. The molecule has 2 rings (SSSR count). The molecule has 0 radical (unpaired) electrons. The van der Waals surface area contributed by atoms with Crippen LogP contribution in [0.2, 0.25) is 0 Å². The molecule has 0 saturated carbocycles. The molecule has 2 atom stereocenters. The van der Waals surface area contributed by atoms with Gasteiger partial charge in [0.15, 0.2) is 0 Å². The van der Waals surface area contributed by atoms with E-state index in [0.717, 1.165) is 17.1 Å². The highest BCUT2D eigenvalue weighted by atomic mass is 31.1. The molecular weight excluding hydrogens is 298 g/mol. The molecule has 7 nitrogen and oxygen atoms in total. The number of piperidine rings is 1. The maximum atomic E-state index is 12.8. The molecule has 1 aliphatic rings. The molecule has 1 saturated heterocycles. The van der Waals surface area contributed by atoms with Gasteiger partial charge in [-0.25, -0.2) is 10.2 Å². The van der Waals surface area contributed by atoms with Crippen molar-refractivity contribution in [2.24, 2.45) is 11.6 Å². The van der Waals surface area contributed by atoms with Crippen LogP contribution in [0.5, 0.6) is 0 Å². The van der Waals surface area contributed by atoms with E-state index < -0.39 is 30.9 Å². The number of nitrogens with two attached hydrogens (primary N) is 2. The van der Waals surface area contributed by atoms with Crippen LogP contribution in [0.1, 0.15) is 23.2 Å². The number of carbonyl (C=O) groups excluding carboxylic acids is 2. The lowest BCUT2D eigenvalue weighted by atomic mass is 10.1. The van der Waals surface area contributed by atoms with Gasteiger partial charge in [-0.15, -0.1) is 5.09 Å². The summed E-state index contributed by atoms with van der Waals surface area (Å²) in [5.41, 5.74) is 5.98. The van der Waals surface area contributed by atoms with Crippen LogP contribution >= 0.6 is 7.95 Å². The quantitative estimate of drug-likeness (QED) is 0.425. The number of hydrogen-bond acceptors (Lipinski definition) is 5. The summed E-state index contributed by atoms with van der Waals surface area (Å²) in [7, 11) is -2.55. The number of halogens is 1. The zero-order chi connectivity index (χ0) is 15.6. The molecule has 1 aromatic carbocycles. The van der Waals surface area contributed by atoms with Crippen LogP contribution in [0.3, 0.4) is 0 Å². The smallest absolute Gasteiger partial charge is 0.275 e. The number of amides is 2. The minimum Gasteiger partial charge on any atom is -0.275 e. The van der Waals surface area contributed by atoms with Gasteiger partial charge >= 0.3 is 19.1 Å². The molecule has 1 fully saturated rings. The van der Waals surface area contributed by atoms with Gasteiger partial charge in [-0.2, -0.15) is 0 Å². The Kier molecular flexibility index (Phi) is 4.32. The first-order chi connectivity index (χ1) is 9.84. The maximum absolute atomic E-state index is 12.8. The molecule has 1 heterocycles. The first kappa shape index (κ1) is 15.5. The molecule has 2 amide bonds. The molecular formula is C12H15FN4O3P+. The molecule has 1 unspecified atom stereocenters. The van der Waals surface area contributed by atoms with Crippen molar-refractivity contribution < 1.29 is 18.5 Å². The number of carbonyl (C=O) groups is 2. The molecule has 112 valence electrons. The molecule has 5 N–H and O–H groups in total. The molecule has 0 spiro atoms. The minimum atomic E-state index is -2.55. The number of nitrogens with zero attached hydrogens (tertiary/aromatic N) is 1. The average molecular weight is 313 g/mol. The predicted molar refractivity (Wildman–Crippen MR) is 73.5 cm³/mol. The lowest BCUT2D eigenvalue weighted by molar-refractivity contribution is -0.136. The van der Waals surface area contributed by atoms with Crippen LogP contribution in [-0.2, 0) is 9.36 Å². The number of nitrogens with one attached hydrogen (secondary N) is 1. The van der Waals surface area contributed by atoms with E-state index in [2.05, 4.69) is 5.09 Å². The minimum absolute atomic E-state index is 0.121. The second-order valence-electron chi connectivity index (χ2n) is 4.77. The lowest BCUT2D eigenvalue weighted by Crippen LogP contribution is -2.60. The Balaban J connectivity index is 2.11. The third kappa shape index (κ3) is 3.07. The summed E-state index contributed by atoms with van der Waals surface area (Å²) in [6, 6.07) is 4.70. The zero-order valence-electron chi connectivity index (χ0n) is 11.1. The first-order valence-corrected chi connectivity index (χ1v) is 7.50. The van der Waals surface area contributed by atoms with Crippen LogP contribution in [-0.4, -0.2) is 28.6 Å². The Morgan fingerprint density at radius 3 is 2.62 bits per heavy atom. The van der Waals surface area contributed by atoms with Gasteiger partial charge < -0.3 is 0 Å². The van der Waals surface area contributed by atoms with Gasteiger partial charge in [0, 0.05) is 18.5 Å². The van der Waals surface area contributed by atoms with E-state index in [-0.39, 0.29) is 12.0 Å². The van der Waals surface area contributed by atoms with Crippen molar-refractivity contribution in [3.63, 3.8) is 0 Å². The summed E-state index contributed by atoms with van der Waals surface area (Å²) >= 11 is 0. The van der Waals surface area contributed by atoms with E-state index in [4.69, 9.17) is 11.6 Å². The molecule has 0 bridgehead atoms. The SMILES string of the molecule is NN1CCC[C@](N)([P+](=O)NC(=O)c2ccc(F)cc2)C1=O. The van der Waals surface area contributed by atoms with E-state index in [1.165, 1.54) is 12.1 Å². The van der Waals surface area contributed by atoms with Crippen LogP contribution in [0.15, 0.2) is 24.3 Å². The molecule has 21 heavy (non-hydrogen) atoms. The van der Waals surface area contributed by atoms with Gasteiger partial charge in [0.1, 0.15) is 5.82 Å². The van der Waals surface area contributed by atoms with Gasteiger partial charge in [0.2, 0.25) is 0 Å². The molecule has 1 aliphatic heterocycles. The van der Waals surface area contributed by atoms with Crippen molar-refractivity contribution in [1.29, 1.82) is 0 Å². The second kappa shape index (κ2) is 5.85. The summed E-state index contributed by atoms with van der Waals surface area (Å²) in [6.45, 7) is 0.326. The Morgan fingerprint density at radius 1 is 1.38 bits per heavy atom. The van der Waals surface area contributed by atoms with Crippen molar-refractivity contribution in [3.8, 4) is 0 Å². The highest BCUT2D eigenvalue weighted by Gasteiger charge is 2.57. The van der Waals surface area contributed by atoms with Gasteiger partial charge in [-0.05, 0) is 35.3 Å². The summed E-state index contributed by atoms with van der Waals surface area (Å²) in [5.74, 6) is 3.61. The highest BCUT2D eigenvalue weighted by Crippen LogP contribution is 2.38. The monoisotopic (exact) mass is 313 g/mol.